The standard InChI is InChI=1S/C20H23N5O5/c26-15(12-25-17(28)14-7-2-1-6-13(14)16(27)23-25)21-10-5-11-24-18(29)20(22-19(24)30)8-3-4-9-20/h1-2,6-7H,3-5,8-12H2,(H,21,26)(H,22,30)(H,23,27). The number of H-pyrrole nitrogens is 1. The lowest BCUT2D eigenvalue weighted by Crippen LogP contribution is -2.44. The van der Waals surface area contributed by atoms with Crippen molar-refractivity contribution < 1.29 is 14.4 Å². The van der Waals surface area contributed by atoms with Gasteiger partial charge in [-0.1, -0.05) is 25.0 Å². The summed E-state index contributed by atoms with van der Waals surface area (Å²) in [7, 11) is 0. The monoisotopic (exact) mass is 413 g/mol. The second-order valence-corrected chi connectivity index (χ2v) is 7.76. The highest BCUT2D eigenvalue weighted by Gasteiger charge is 2.51. The van der Waals surface area contributed by atoms with Crippen LogP contribution in [0, 0.1) is 0 Å². The van der Waals surface area contributed by atoms with Crippen LogP contribution in [0.15, 0.2) is 33.9 Å². The average Bonchev–Trinajstić information content (AvgIpc) is 3.29. The van der Waals surface area contributed by atoms with Gasteiger partial charge in [-0.2, -0.15) is 0 Å². The van der Waals surface area contributed by atoms with Crippen LogP contribution in [-0.4, -0.2) is 51.2 Å². The van der Waals surface area contributed by atoms with Gasteiger partial charge in [0.2, 0.25) is 5.91 Å². The Balaban J connectivity index is 1.31. The van der Waals surface area contributed by atoms with Crippen molar-refractivity contribution >= 4 is 28.6 Å². The summed E-state index contributed by atoms with van der Waals surface area (Å²) in [5.41, 5.74) is -1.64. The summed E-state index contributed by atoms with van der Waals surface area (Å²) >= 11 is 0. The number of carbonyl (C=O) groups excluding carboxylic acids is 3. The van der Waals surface area contributed by atoms with E-state index in [0.29, 0.717) is 19.3 Å². The number of hydrogen-bond acceptors (Lipinski definition) is 5. The fourth-order valence-electron chi connectivity index (χ4n) is 4.22. The maximum absolute atomic E-state index is 12.6. The number of aromatic nitrogens is 2. The summed E-state index contributed by atoms with van der Waals surface area (Å²) in [6, 6.07) is 6.02. The highest BCUT2D eigenvalue weighted by Crippen LogP contribution is 2.34. The van der Waals surface area contributed by atoms with Gasteiger partial charge in [-0.3, -0.25) is 29.2 Å². The SMILES string of the molecule is O=C(Cn1[nH]c(=O)c2ccccc2c1=O)NCCCN1C(=O)NC2(CCCC2)C1=O. The molecule has 2 heterocycles. The molecule has 2 aromatic rings. The normalized spacial score (nSPS) is 17.7. The van der Waals surface area contributed by atoms with Gasteiger partial charge in [-0.25, -0.2) is 9.48 Å². The number of benzene rings is 1. The van der Waals surface area contributed by atoms with Crippen molar-refractivity contribution in [2.24, 2.45) is 0 Å². The van der Waals surface area contributed by atoms with Crippen molar-refractivity contribution in [3.8, 4) is 0 Å². The Hall–Kier alpha value is -3.43. The summed E-state index contributed by atoms with van der Waals surface area (Å²) in [6.45, 7) is 0.111. The van der Waals surface area contributed by atoms with Crippen molar-refractivity contribution in [2.45, 2.75) is 44.2 Å². The molecule has 30 heavy (non-hydrogen) atoms. The number of nitrogens with zero attached hydrogens (tertiary/aromatic N) is 2. The Kier molecular flexibility index (Phi) is 5.15. The highest BCUT2D eigenvalue weighted by molar-refractivity contribution is 6.07. The van der Waals surface area contributed by atoms with E-state index in [1.54, 1.807) is 18.2 Å². The van der Waals surface area contributed by atoms with E-state index in [1.165, 1.54) is 11.0 Å². The number of amides is 4. The minimum absolute atomic E-state index is 0.184. The van der Waals surface area contributed by atoms with Gasteiger partial charge in [-0.15, -0.1) is 0 Å². The molecule has 0 bridgehead atoms. The van der Waals surface area contributed by atoms with Crippen molar-refractivity contribution in [3.63, 3.8) is 0 Å². The first-order valence-electron chi connectivity index (χ1n) is 10.0. The van der Waals surface area contributed by atoms with Crippen LogP contribution in [0.25, 0.3) is 10.8 Å². The van der Waals surface area contributed by atoms with Gasteiger partial charge in [0.25, 0.3) is 17.0 Å². The number of fused-ring (bicyclic) bond motifs is 1. The molecule has 1 saturated heterocycles. The maximum Gasteiger partial charge on any atom is 0.325 e. The Morgan fingerprint density at radius 1 is 1.07 bits per heavy atom. The minimum atomic E-state index is -0.733. The molecule has 2 fully saturated rings. The highest BCUT2D eigenvalue weighted by atomic mass is 16.2. The Labute approximate surface area is 171 Å². The molecule has 0 atom stereocenters. The predicted molar refractivity (Wildman–Crippen MR) is 108 cm³/mol. The average molecular weight is 413 g/mol. The molecular weight excluding hydrogens is 390 g/mol. The number of imide groups is 1. The lowest BCUT2D eigenvalue weighted by molar-refractivity contribution is -0.131. The van der Waals surface area contributed by atoms with Gasteiger partial charge in [-0.05, 0) is 31.4 Å². The summed E-state index contributed by atoms with van der Waals surface area (Å²) in [4.78, 5) is 62.6. The topological polar surface area (TPSA) is 133 Å². The second kappa shape index (κ2) is 7.77. The lowest BCUT2D eigenvalue weighted by atomic mass is 9.98. The van der Waals surface area contributed by atoms with Gasteiger partial charge in [0.05, 0.1) is 10.8 Å². The van der Waals surface area contributed by atoms with Gasteiger partial charge in [0, 0.05) is 13.1 Å². The first-order chi connectivity index (χ1) is 14.4. The molecule has 10 heteroatoms. The second-order valence-electron chi connectivity index (χ2n) is 7.76. The van der Waals surface area contributed by atoms with Gasteiger partial charge >= 0.3 is 6.03 Å². The smallest absolute Gasteiger partial charge is 0.325 e. The van der Waals surface area contributed by atoms with Crippen LogP contribution in [0.3, 0.4) is 0 Å². The molecule has 0 radical (unpaired) electrons. The third-order valence-corrected chi connectivity index (χ3v) is 5.77. The molecule has 2 aliphatic rings. The molecule has 4 rings (SSSR count). The summed E-state index contributed by atoms with van der Waals surface area (Å²) in [6.07, 6.45) is 3.58. The summed E-state index contributed by atoms with van der Waals surface area (Å²) in [5, 5.41) is 8.39. The minimum Gasteiger partial charge on any atom is -0.354 e. The first kappa shape index (κ1) is 19.9. The zero-order valence-electron chi connectivity index (χ0n) is 16.4. The predicted octanol–water partition coefficient (Wildman–Crippen LogP) is 0.0607. The quantitative estimate of drug-likeness (QED) is 0.455. The Morgan fingerprint density at radius 2 is 1.77 bits per heavy atom. The summed E-state index contributed by atoms with van der Waals surface area (Å²) < 4.78 is 0.974. The van der Waals surface area contributed by atoms with Gasteiger partial charge < -0.3 is 10.6 Å². The Bertz CT molecular complexity index is 1130. The van der Waals surface area contributed by atoms with Crippen molar-refractivity contribution in [1.82, 2.24) is 25.3 Å². The van der Waals surface area contributed by atoms with E-state index in [-0.39, 0.29) is 42.3 Å². The van der Waals surface area contributed by atoms with Gasteiger partial charge in [0.1, 0.15) is 12.1 Å². The molecule has 4 amide bonds. The Morgan fingerprint density at radius 3 is 2.50 bits per heavy atom. The number of urea groups is 1. The first-order valence-corrected chi connectivity index (χ1v) is 10.0. The number of rotatable bonds is 6. The maximum atomic E-state index is 12.6. The molecule has 158 valence electrons. The number of nitrogens with one attached hydrogen (secondary N) is 3. The molecule has 0 unspecified atom stereocenters. The third kappa shape index (κ3) is 3.49. The largest absolute Gasteiger partial charge is 0.354 e. The van der Waals surface area contributed by atoms with Crippen molar-refractivity contribution in [3.05, 3.63) is 45.0 Å². The van der Waals surface area contributed by atoms with Crippen LogP contribution in [0.4, 0.5) is 4.79 Å². The molecule has 1 aliphatic carbocycles. The number of hydrogen-bond donors (Lipinski definition) is 3. The molecule has 1 saturated carbocycles. The van der Waals surface area contributed by atoms with Crippen LogP contribution in [-0.2, 0) is 16.1 Å². The van der Waals surface area contributed by atoms with E-state index in [4.69, 9.17) is 0 Å². The fraction of sp³-hybridized carbons (Fsp3) is 0.450. The molecule has 3 N–H and O–H groups in total. The zero-order chi connectivity index (χ0) is 21.3. The summed E-state index contributed by atoms with van der Waals surface area (Å²) in [5.74, 6) is -0.635. The molecular formula is C20H23N5O5. The zero-order valence-corrected chi connectivity index (χ0v) is 16.4. The van der Waals surface area contributed by atoms with Crippen LogP contribution in [0.2, 0.25) is 0 Å². The molecule has 1 aromatic carbocycles. The van der Waals surface area contributed by atoms with Crippen LogP contribution < -0.4 is 21.8 Å². The van der Waals surface area contributed by atoms with Crippen LogP contribution >= 0.6 is 0 Å². The van der Waals surface area contributed by atoms with Crippen LogP contribution in [0.5, 0.6) is 0 Å². The van der Waals surface area contributed by atoms with Crippen molar-refractivity contribution in [2.75, 3.05) is 13.1 Å². The van der Waals surface area contributed by atoms with E-state index in [9.17, 15) is 24.0 Å². The molecule has 1 spiro atoms. The lowest BCUT2D eigenvalue weighted by Gasteiger charge is -2.20. The fourth-order valence-corrected chi connectivity index (χ4v) is 4.22. The van der Waals surface area contributed by atoms with Crippen molar-refractivity contribution in [1.29, 1.82) is 0 Å². The molecule has 1 aromatic heterocycles. The van der Waals surface area contributed by atoms with Gasteiger partial charge in [0.15, 0.2) is 0 Å². The van der Waals surface area contributed by atoms with E-state index in [2.05, 4.69) is 15.7 Å². The van der Waals surface area contributed by atoms with E-state index < -0.39 is 22.6 Å². The molecule has 10 nitrogen and oxygen atoms in total. The third-order valence-electron chi connectivity index (χ3n) is 5.77. The molecule has 1 aliphatic heterocycles. The van der Waals surface area contributed by atoms with E-state index in [0.717, 1.165) is 17.5 Å². The van der Waals surface area contributed by atoms with E-state index in [1.807, 2.05) is 0 Å². The van der Waals surface area contributed by atoms with E-state index >= 15 is 0 Å². The number of aromatic amines is 1. The number of carbonyl (C=O) groups is 3. The van der Waals surface area contributed by atoms with Crippen LogP contribution in [0.1, 0.15) is 32.1 Å².